The minimum atomic E-state index is -0.596. The van der Waals surface area contributed by atoms with Gasteiger partial charge in [-0.1, -0.05) is 6.07 Å². The molecular formula is C11H15FN2. The molecule has 1 aliphatic carbocycles. The van der Waals surface area contributed by atoms with E-state index in [2.05, 4.69) is 10.3 Å². The third-order valence-corrected chi connectivity index (χ3v) is 2.69. The van der Waals surface area contributed by atoms with Gasteiger partial charge in [0.2, 0.25) is 0 Å². The Bertz CT molecular complexity index is 276. The Morgan fingerprint density at radius 3 is 3.07 bits per heavy atom. The molecule has 1 aromatic heterocycles. The fourth-order valence-electron chi connectivity index (χ4n) is 1.88. The lowest BCUT2D eigenvalue weighted by molar-refractivity contribution is 0.333. The molecule has 1 heterocycles. The fraction of sp³-hybridized carbons (Fsp3) is 0.545. The first-order chi connectivity index (χ1) is 6.84. The van der Waals surface area contributed by atoms with Crippen molar-refractivity contribution in [3.63, 3.8) is 0 Å². The van der Waals surface area contributed by atoms with Crippen molar-refractivity contribution in [3.8, 4) is 0 Å². The molecule has 1 N–H and O–H groups in total. The number of nitrogens with one attached hydrogen (secondary N) is 1. The SMILES string of the molecule is FC1CCC(NCc2cccnc2)C1. The summed E-state index contributed by atoms with van der Waals surface area (Å²) >= 11 is 0. The number of rotatable bonds is 3. The summed E-state index contributed by atoms with van der Waals surface area (Å²) in [5, 5.41) is 3.35. The van der Waals surface area contributed by atoms with Crippen LogP contribution in [0.2, 0.25) is 0 Å². The zero-order chi connectivity index (χ0) is 9.80. The number of hydrogen-bond acceptors (Lipinski definition) is 2. The molecule has 0 aromatic carbocycles. The molecule has 1 fully saturated rings. The van der Waals surface area contributed by atoms with E-state index in [1.807, 2.05) is 18.3 Å². The van der Waals surface area contributed by atoms with Gasteiger partial charge < -0.3 is 5.32 Å². The highest BCUT2D eigenvalue weighted by molar-refractivity contribution is 5.08. The van der Waals surface area contributed by atoms with Gasteiger partial charge in [0.05, 0.1) is 0 Å². The highest BCUT2D eigenvalue weighted by Gasteiger charge is 2.23. The van der Waals surface area contributed by atoms with Gasteiger partial charge in [-0.25, -0.2) is 4.39 Å². The Hall–Kier alpha value is -0.960. The summed E-state index contributed by atoms with van der Waals surface area (Å²) in [6, 6.07) is 4.30. The van der Waals surface area contributed by atoms with Crippen molar-refractivity contribution in [1.29, 1.82) is 0 Å². The van der Waals surface area contributed by atoms with Gasteiger partial charge in [-0.05, 0) is 30.9 Å². The molecule has 14 heavy (non-hydrogen) atoms. The molecule has 2 rings (SSSR count). The van der Waals surface area contributed by atoms with Gasteiger partial charge >= 0.3 is 0 Å². The van der Waals surface area contributed by atoms with E-state index >= 15 is 0 Å². The standard InChI is InChI=1S/C11H15FN2/c12-10-3-4-11(6-10)14-8-9-2-1-5-13-7-9/h1-2,5,7,10-11,14H,3-4,6,8H2. The summed E-state index contributed by atoms with van der Waals surface area (Å²) in [5.74, 6) is 0. The summed E-state index contributed by atoms with van der Waals surface area (Å²) in [6.45, 7) is 0.797. The highest BCUT2D eigenvalue weighted by Crippen LogP contribution is 2.21. The fourth-order valence-corrected chi connectivity index (χ4v) is 1.88. The summed E-state index contributed by atoms with van der Waals surface area (Å²) in [7, 11) is 0. The van der Waals surface area contributed by atoms with Crippen molar-refractivity contribution in [3.05, 3.63) is 30.1 Å². The Morgan fingerprint density at radius 1 is 1.50 bits per heavy atom. The largest absolute Gasteiger partial charge is 0.310 e. The topological polar surface area (TPSA) is 24.9 Å². The summed E-state index contributed by atoms with van der Waals surface area (Å²) in [4.78, 5) is 4.03. The van der Waals surface area contributed by atoms with Crippen LogP contribution >= 0.6 is 0 Å². The molecule has 2 atom stereocenters. The van der Waals surface area contributed by atoms with Crippen molar-refractivity contribution in [2.24, 2.45) is 0 Å². The molecule has 76 valence electrons. The molecule has 1 saturated carbocycles. The second-order valence-electron chi connectivity index (χ2n) is 3.85. The van der Waals surface area contributed by atoms with Gasteiger partial charge in [0.15, 0.2) is 0 Å². The average Bonchev–Trinajstić information content (AvgIpc) is 2.63. The number of pyridine rings is 1. The number of alkyl halides is 1. The van der Waals surface area contributed by atoms with E-state index < -0.39 is 6.17 Å². The van der Waals surface area contributed by atoms with Crippen LogP contribution in [0, 0.1) is 0 Å². The van der Waals surface area contributed by atoms with E-state index in [1.165, 1.54) is 0 Å². The number of nitrogens with zero attached hydrogens (tertiary/aromatic N) is 1. The number of hydrogen-bond donors (Lipinski definition) is 1. The lowest BCUT2D eigenvalue weighted by Crippen LogP contribution is -2.26. The third-order valence-electron chi connectivity index (χ3n) is 2.69. The van der Waals surface area contributed by atoms with Gasteiger partial charge in [0.25, 0.3) is 0 Å². The number of aromatic nitrogens is 1. The zero-order valence-electron chi connectivity index (χ0n) is 8.12. The molecule has 1 aliphatic rings. The first-order valence-corrected chi connectivity index (χ1v) is 5.11. The van der Waals surface area contributed by atoms with E-state index in [0.29, 0.717) is 18.9 Å². The van der Waals surface area contributed by atoms with Crippen LogP contribution in [0.1, 0.15) is 24.8 Å². The molecule has 2 unspecified atom stereocenters. The maximum absolute atomic E-state index is 12.8. The Balaban J connectivity index is 1.78. The lowest BCUT2D eigenvalue weighted by Gasteiger charge is -2.10. The van der Waals surface area contributed by atoms with Crippen molar-refractivity contribution in [2.45, 2.75) is 38.0 Å². The summed E-state index contributed by atoms with van der Waals surface area (Å²) in [6.07, 6.45) is 5.35. The van der Waals surface area contributed by atoms with Crippen LogP contribution in [-0.4, -0.2) is 17.2 Å². The first kappa shape index (κ1) is 9.59. The van der Waals surface area contributed by atoms with Crippen molar-refractivity contribution in [1.82, 2.24) is 10.3 Å². The molecule has 0 radical (unpaired) electrons. The summed E-state index contributed by atoms with van der Waals surface area (Å²) < 4.78 is 12.8. The molecular weight excluding hydrogens is 179 g/mol. The van der Waals surface area contributed by atoms with Crippen molar-refractivity contribution >= 4 is 0 Å². The van der Waals surface area contributed by atoms with Gasteiger partial charge in [-0.2, -0.15) is 0 Å². The minimum absolute atomic E-state index is 0.352. The molecule has 0 bridgehead atoms. The van der Waals surface area contributed by atoms with E-state index in [9.17, 15) is 4.39 Å². The van der Waals surface area contributed by atoms with E-state index in [-0.39, 0.29) is 0 Å². The smallest absolute Gasteiger partial charge is 0.102 e. The van der Waals surface area contributed by atoms with Crippen LogP contribution < -0.4 is 5.32 Å². The van der Waals surface area contributed by atoms with Crippen LogP contribution in [0.5, 0.6) is 0 Å². The average molecular weight is 194 g/mol. The van der Waals surface area contributed by atoms with Crippen LogP contribution in [0.15, 0.2) is 24.5 Å². The molecule has 1 aromatic rings. The van der Waals surface area contributed by atoms with Gasteiger partial charge in [-0.15, -0.1) is 0 Å². The monoisotopic (exact) mass is 194 g/mol. The van der Waals surface area contributed by atoms with E-state index in [1.54, 1.807) is 6.20 Å². The summed E-state index contributed by atoms with van der Waals surface area (Å²) in [5.41, 5.74) is 1.16. The maximum Gasteiger partial charge on any atom is 0.102 e. The van der Waals surface area contributed by atoms with Crippen LogP contribution in [-0.2, 0) is 6.54 Å². The van der Waals surface area contributed by atoms with Crippen LogP contribution in [0.3, 0.4) is 0 Å². The highest BCUT2D eigenvalue weighted by atomic mass is 19.1. The minimum Gasteiger partial charge on any atom is -0.310 e. The van der Waals surface area contributed by atoms with E-state index in [0.717, 1.165) is 18.5 Å². The molecule has 2 nitrogen and oxygen atoms in total. The van der Waals surface area contributed by atoms with Gasteiger partial charge in [0, 0.05) is 25.0 Å². The van der Waals surface area contributed by atoms with Gasteiger partial charge in [0.1, 0.15) is 6.17 Å². The molecule has 3 heteroatoms. The second kappa shape index (κ2) is 4.51. The number of halogens is 1. The lowest BCUT2D eigenvalue weighted by atomic mass is 10.2. The molecule has 0 amide bonds. The van der Waals surface area contributed by atoms with Crippen LogP contribution in [0.25, 0.3) is 0 Å². The van der Waals surface area contributed by atoms with Gasteiger partial charge in [-0.3, -0.25) is 4.98 Å². The molecule has 0 aliphatic heterocycles. The predicted octanol–water partition coefficient (Wildman–Crippen LogP) is 2.06. The third kappa shape index (κ3) is 2.51. The Morgan fingerprint density at radius 2 is 2.43 bits per heavy atom. The Kier molecular flexibility index (Phi) is 3.09. The van der Waals surface area contributed by atoms with E-state index in [4.69, 9.17) is 0 Å². The quantitative estimate of drug-likeness (QED) is 0.796. The molecule has 0 spiro atoms. The normalized spacial score (nSPS) is 26.6. The first-order valence-electron chi connectivity index (χ1n) is 5.11. The second-order valence-corrected chi connectivity index (χ2v) is 3.85. The molecule has 0 saturated heterocycles. The van der Waals surface area contributed by atoms with Crippen molar-refractivity contribution < 1.29 is 4.39 Å². The zero-order valence-corrected chi connectivity index (χ0v) is 8.12. The maximum atomic E-state index is 12.8. The predicted molar refractivity (Wildman–Crippen MR) is 53.6 cm³/mol. The Labute approximate surface area is 83.6 Å². The van der Waals surface area contributed by atoms with Crippen molar-refractivity contribution in [2.75, 3.05) is 0 Å². The van der Waals surface area contributed by atoms with Crippen LogP contribution in [0.4, 0.5) is 4.39 Å².